The number of anilines is 1. The maximum atomic E-state index is 13.1. The highest BCUT2D eigenvalue weighted by atomic mass is 32.2. The predicted octanol–water partition coefficient (Wildman–Crippen LogP) is 3.25. The van der Waals surface area contributed by atoms with Gasteiger partial charge in [0, 0.05) is 13.1 Å². The standard InChI is InChI=1S/C22H26N4O4S/c1-30-21-11-10-17(31(28,29)26-12-6-2-3-7-13-26)14-19(21)24-22(27)15-25-16-23-18-8-4-5-9-20(18)25/h4-5,8-11,14,16H,2-3,6-7,12-13,15H2,1H3,(H,24,27). The average Bonchev–Trinajstić information content (AvgIpc) is 2.98. The van der Waals surface area contributed by atoms with Crippen LogP contribution in [0.15, 0.2) is 53.7 Å². The van der Waals surface area contributed by atoms with Gasteiger partial charge in [0.15, 0.2) is 0 Å². The van der Waals surface area contributed by atoms with Crippen LogP contribution in [0.4, 0.5) is 5.69 Å². The molecule has 0 bridgehead atoms. The van der Waals surface area contributed by atoms with Crippen LogP contribution >= 0.6 is 0 Å². The summed E-state index contributed by atoms with van der Waals surface area (Å²) in [6.45, 7) is 1.08. The lowest BCUT2D eigenvalue weighted by Crippen LogP contribution is -2.32. The van der Waals surface area contributed by atoms with Crippen molar-refractivity contribution in [3.05, 3.63) is 48.8 Å². The minimum atomic E-state index is -3.64. The lowest BCUT2D eigenvalue weighted by molar-refractivity contribution is -0.116. The van der Waals surface area contributed by atoms with E-state index >= 15 is 0 Å². The van der Waals surface area contributed by atoms with Gasteiger partial charge >= 0.3 is 0 Å². The summed E-state index contributed by atoms with van der Waals surface area (Å²) in [6, 6.07) is 12.1. The van der Waals surface area contributed by atoms with Crippen LogP contribution < -0.4 is 10.1 Å². The largest absolute Gasteiger partial charge is 0.495 e. The quantitative estimate of drug-likeness (QED) is 0.633. The number of sulfonamides is 1. The minimum Gasteiger partial charge on any atom is -0.495 e. The summed E-state index contributed by atoms with van der Waals surface area (Å²) in [7, 11) is -2.15. The SMILES string of the molecule is COc1ccc(S(=O)(=O)N2CCCCCC2)cc1NC(=O)Cn1cnc2ccccc21. The van der Waals surface area contributed by atoms with Crippen LogP contribution in [-0.2, 0) is 21.4 Å². The van der Waals surface area contributed by atoms with Crippen molar-refractivity contribution in [3.63, 3.8) is 0 Å². The Morgan fingerprint density at radius 3 is 2.58 bits per heavy atom. The molecule has 1 saturated heterocycles. The second-order valence-corrected chi connectivity index (χ2v) is 9.53. The number of carbonyl (C=O) groups excluding carboxylic acids is 1. The number of nitrogens with one attached hydrogen (secondary N) is 1. The van der Waals surface area contributed by atoms with E-state index in [1.54, 1.807) is 17.0 Å². The van der Waals surface area contributed by atoms with Crippen molar-refractivity contribution in [2.24, 2.45) is 0 Å². The van der Waals surface area contributed by atoms with Crippen LogP contribution in [-0.4, -0.2) is 48.4 Å². The number of aromatic nitrogens is 2. The highest BCUT2D eigenvalue weighted by molar-refractivity contribution is 7.89. The molecule has 2 heterocycles. The summed E-state index contributed by atoms with van der Waals surface area (Å²) >= 11 is 0. The van der Waals surface area contributed by atoms with Gasteiger partial charge in [0.25, 0.3) is 0 Å². The summed E-state index contributed by atoms with van der Waals surface area (Å²) < 4.78 is 34.9. The minimum absolute atomic E-state index is 0.0484. The number of carbonyl (C=O) groups is 1. The lowest BCUT2D eigenvalue weighted by atomic mass is 10.2. The van der Waals surface area contributed by atoms with E-state index in [0.717, 1.165) is 36.7 Å². The smallest absolute Gasteiger partial charge is 0.244 e. The number of nitrogens with zero attached hydrogens (tertiary/aromatic N) is 3. The fourth-order valence-electron chi connectivity index (χ4n) is 3.86. The average molecular weight is 443 g/mol. The van der Waals surface area contributed by atoms with Crippen LogP contribution in [0.25, 0.3) is 11.0 Å². The number of fused-ring (bicyclic) bond motifs is 1. The molecule has 4 rings (SSSR count). The fraction of sp³-hybridized carbons (Fsp3) is 0.364. The molecule has 1 aromatic heterocycles. The topological polar surface area (TPSA) is 93.5 Å². The Hall–Kier alpha value is -2.91. The molecule has 8 nitrogen and oxygen atoms in total. The molecule has 1 aliphatic heterocycles. The first-order valence-corrected chi connectivity index (χ1v) is 11.8. The number of amides is 1. The molecule has 0 radical (unpaired) electrons. The summed E-state index contributed by atoms with van der Waals surface area (Å²) in [5, 5.41) is 2.80. The molecule has 0 spiro atoms. The zero-order chi connectivity index (χ0) is 21.8. The van der Waals surface area contributed by atoms with Crippen LogP contribution in [0.2, 0.25) is 0 Å². The molecule has 1 fully saturated rings. The molecule has 1 amide bonds. The van der Waals surface area contributed by atoms with Crippen LogP contribution in [0.3, 0.4) is 0 Å². The van der Waals surface area contributed by atoms with Gasteiger partial charge in [-0.25, -0.2) is 13.4 Å². The van der Waals surface area contributed by atoms with E-state index in [0.29, 0.717) is 24.5 Å². The number of benzene rings is 2. The molecule has 0 atom stereocenters. The third-order valence-electron chi connectivity index (χ3n) is 5.49. The number of imidazole rings is 1. The van der Waals surface area contributed by atoms with Crippen molar-refractivity contribution in [2.75, 3.05) is 25.5 Å². The molecular formula is C22H26N4O4S. The van der Waals surface area contributed by atoms with Crippen molar-refractivity contribution < 1.29 is 17.9 Å². The van der Waals surface area contributed by atoms with Crippen molar-refractivity contribution in [3.8, 4) is 5.75 Å². The molecule has 0 saturated carbocycles. The number of hydrogen-bond donors (Lipinski definition) is 1. The number of hydrogen-bond acceptors (Lipinski definition) is 5. The highest BCUT2D eigenvalue weighted by Gasteiger charge is 2.26. The van der Waals surface area contributed by atoms with Crippen molar-refractivity contribution in [2.45, 2.75) is 37.1 Å². The Kier molecular flexibility index (Phi) is 6.24. The summed E-state index contributed by atoms with van der Waals surface area (Å²) in [4.78, 5) is 17.2. The second kappa shape index (κ2) is 9.07. The Bertz CT molecular complexity index is 1180. The molecule has 1 N–H and O–H groups in total. The Labute approximate surface area is 181 Å². The molecule has 31 heavy (non-hydrogen) atoms. The second-order valence-electron chi connectivity index (χ2n) is 7.59. The molecular weight excluding hydrogens is 416 g/mol. The van der Waals surface area contributed by atoms with Gasteiger partial charge < -0.3 is 14.6 Å². The number of rotatable bonds is 6. The monoisotopic (exact) mass is 442 g/mol. The maximum absolute atomic E-state index is 13.1. The molecule has 9 heteroatoms. The number of para-hydroxylation sites is 2. The van der Waals surface area contributed by atoms with E-state index in [9.17, 15) is 13.2 Å². The third-order valence-corrected chi connectivity index (χ3v) is 7.38. The van der Waals surface area contributed by atoms with Crippen molar-refractivity contribution in [1.29, 1.82) is 0 Å². The number of methoxy groups -OCH3 is 1. The third kappa shape index (κ3) is 4.57. The number of ether oxygens (including phenoxy) is 1. The maximum Gasteiger partial charge on any atom is 0.244 e. The van der Waals surface area contributed by atoms with Crippen LogP contribution in [0.1, 0.15) is 25.7 Å². The molecule has 1 aliphatic rings. The zero-order valence-corrected chi connectivity index (χ0v) is 18.3. The molecule has 164 valence electrons. The fourth-order valence-corrected chi connectivity index (χ4v) is 5.40. The van der Waals surface area contributed by atoms with E-state index in [2.05, 4.69) is 10.3 Å². The van der Waals surface area contributed by atoms with Gasteiger partial charge in [-0.3, -0.25) is 4.79 Å². The molecule has 2 aromatic carbocycles. The van der Waals surface area contributed by atoms with E-state index in [-0.39, 0.29) is 17.3 Å². The Morgan fingerprint density at radius 1 is 1.10 bits per heavy atom. The summed E-state index contributed by atoms with van der Waals surface area (Å²) in [5.41, 5.74) is 1.98. The van der Waals surface area contributed by atoms with Crippen molar-refractivity contribution >= 4 is 32.7 Å². The Morgan fingerprint density at radius 2 is 1.84 bits per heavy atom. The highest BCUT2D eigenvalue weighted by Crippen LogP contribution is 2.30. The van der Waals surface area contributed by atoms with Crippen LogP contribution in [0.5, 0.6) is 5.75 Å². The zero-order valence-electron chi connectivity index (χ0n) is 17.5. The van der Waals surface area contributed by atoms with Gasteiger partial charge in [0.05, 0.1) is 35.1 Å². The first kappa shape index (κ1) is 21.3. The van der Waals surface area contributed by atoms with Crippen molar-refractivity contribution in [1.82, 2.24) is 13.9 Å². The predicted molar refractivity (Wildman–Crippen MR) is 119 cm³/mol. The van der Waals surface area contributed by atoms with Gasteiger partial charge in [-0.1, -0.05) is 25.0 Å². The molecule has 0 unspecified atom stereocenters. The summed E-state index contributed by atoms with van der Waals surface area (Å²) in [6.07, 6.45) is 5.41. The van der Waals surface area contributed by atoms with Gasteiger partial charge in [0.2, 0.25) is 15.9 Å². The Balaban J connectivity index is 1.56. The van der Waals surface area contributed by atoms with Crippen LogP contribution in [0, 0.1) is 0 Å². The van der Waals surface area contributed by atoms with Gasteiger partial charge in [-0.2, -0.15) is 4.31 Å². The normalized spacial score (nSPS) is 15.5. The van der Waals surface area contributed by atoms with E-state index in [1.807, 2.05) is 24.3 Å². The molecule has 3 aromatic rings. The van der Waals surface area contributed by atoms with Gasteiger partial charge in [-0.05, 0) is 43.2 Å². The molecule has 0 aliphatic carbocycles. The van der Waals surface area contributed by atoms with E-state index < -0.39 is 10.0 Å². The van der Waals surface area contributed by atoms with E-state index in [4.69, 9.17) is 4.74 Å². The van der Waals surface area contributed by atoms with Gasteiger partial charge in [-0.15, -0.1) is 0 Å². The summed E-state index contributed by atoms with van der Waals surface area (Å²) in [5.74, 6) is 0.101. The van der Waals surface area contributed by atoms with E-state index in [1.165, 1.54) is 23.5 Å². The lowest BCUT2D eigenvalue weighted by Gasteiger charge is -2.21. The first-order valence-electron chi connectivity index (χ1n) is 10.4. The van der Waals surface area contributed by atoms with Gasteiger partial charge in [0.1, 0.15) is 12.3 Å². The first-order chi connectivity index (χ1) is 15.0.